The summed E-state index contributed by atoms with van der Waals surface area (Å²) in [5, 5.41) is 17.2. The van der Waals surface area contributed by atoms with Crippen LogP contribution in [0.25, 0.3) is 0 Å². The summed E-state index contributed by atoms with van der Waals surface area (Å²) in [7, 11) is 1.64. The Morgan fingerprint density at radius 1 is 0.972 bits per heavy atom. The second-order valence-electron chi connectivity index (χ2n) is 8.52. The van der Waals surface area contributed by atoms with Gasteiger partial charge in [-0.2, -0.15) is 0 Å². The number of oxime groups is 1. The lowest BCUT2D eigenvalue weighted by Gasteiger charge is -2.27. The van der Waals surface area contributed by atoms with Crippen LogP contribution in [0.1, 0.15) is 39.6 Å². The van der Waals surface area contributed by atoms with Crippen molar-refractivity contribution in [3.8, 4) is 5.75 Å². The zero-order valence-electron chi connectivity index (χ0n) is 20.2. The number of nitrogens with one attached hydrogen (secondary N) is 1. The molecule has 4 aromatic rings. The van der Waals surface area contributed by atoms with Crippen LogP contribution in [-0.4, -0.2) is 23.9 Å². The van der Waals surface area contributed by atoms with Gasteiger partial charge in [0.2, 0.25) is 5.90 Å². The van der Waals surface area contributed by atoms with Crippen LogP contribution in [0.3, 0.4) is 0 Å². The van der Waals surface area contributed by atoms with E-state index in [1.165, 1.54) is 0 Å². The van der Waals surface area contributed by atoms with Gasteiger partial charge in [0.25, 0.3) is 0 Å². The summed E-state index contributed by atoms with van der Waals surface area (Å²) in [4.78, 5) is 4.83. The van der Waals surface area contributed by atoms with Gasteiger partial charge < -0.3 is 14.7 Å². The highest BCUT2D eigenvalue weighted by Gasteiger charge is 2.27. The van der Waals surface area contributed by atoms with Gasteiger partial charge in [0.1, 0.15) is 11.5 Å². The van der Waals surface area contributed by atoms with Gasteiger partial charge in [0.15, 0.2) is 6.23 Å². The van der Waals surface area contributed by atoms with Gasteiger partial charge in [-0.05, 0) is 48.4 Å². The van der Waals surface area contributed by atoms with Crippen molar-refractivity contribution < 1.29 is 14.7 Å². The van der Waals surface area contributed by atoms with Gasteiger partial charge in [-0.3, -0.25) is 5.32 Å². The molecule has 5 rings (SSSR count). The normalized spacial score (nSPS) is 15.0. The second-order valence-corrected chi connectivity index (χ2v) is 8.52. The number of aliphatic imine (C=N–C) groups is 1. The average Bonchev–Trinajstić information content (AvgIpc) is 2.93. The summed E-state index contributed by atoms with van der Waals surface area (Å²) >= 11 is 0. The molecule has 0 saturated heterocycles. The van der Waals surface area contributed by atoms with E-state index in [1.54, 1.807) is 7.11 Å². The lowest BCUT2D eigenvalue weighted by Crippen LogP contribution is -2.29. The minimum absolute atomic E-state index is 0.389. The molecular weight excluding hydrogens is 450 g/mol. The van der Waals surface area contributed by atoms with Gasteiger partial charge >= 0.3 is 0 Å². The number of methoxy groups -OCH3 is 1. The molecule has 6 heteroatoms. The molecule has 2 N–H and O–H groups in total. The van der Waals surface area contributed by atoms with Crippen LogP contribution in [0.15, 0.2) is 107 Å². The predicted molar refractivity (Wildman–Crippen MR) is 141 cm³/mol. The van der Waals surface area contributed by atoms with E-state index < -0.39 is 0 Å². The van der Waals surface area contributed by atoms with Crippen molar-refractivity contribution in [1.29, 1.82) is 0 Å². The molecule has 1 unspecified atom stereocenters. The highest BCUT2D eigenvalue weighted by Crippen LogP contribution is 2.34. The van der Waals surface area contributed by atoms with Crippen molar-refractivity contribution in [2.45, 2.75) is 19.7 Å². The molecule has 1 aliphatic rings. The Balaban J connectivity index is 1.52. The van der Waals surface area contributed by atoms with E-state index in [-0.39, 0.29) is 6.23 Å². The molecule has 180 valence electrons. The molecule has 0 spiro atoms. The molecule has 1 aliphatic heterocycles. The van der Waals surface area contributed by atoms with Gasteiger partial charge in [0, 0.05) is 28.8 Å². The Hall–Kier alpha value is -4.42. The molecule has 0 radical (unpaired) electrons. The first kappa shape index (κ1) is 23.3. The summed E-state index contributed by atoms with van der Waals surface area (Å²) in [6.07, 6.45) is -0.389. The van der Waals surface area contributed by atoms with E-state index >= 15 is 0 Å². The standard InChI is InChI=1S/C30H27N3O3/c1-20-18-22(16-17-27(20)35-2)28(33-34)23-12-6-7-13-24(23)30-32-26-15-9-8-14-25(26)29(36-30)31-19-21-10-4-3-5-11-21/h3-18,29,31,34H,19H2,1-2H3. The Kier molecular flexibility index (Phi) is 6.78. The summed E-state index contributed by atoms with van der Waals surface area (Å²) in [6.45, 7) is 2.60. The number of para-hydroxylation sites is 1. The molecule has 0 bridgehead atoms. The topological polar surface area (TPSA) is 75.4 Å². The molecular formula is C30H27N3O3. The summed E-state index contributed by atoms with van der Waals surface area (Å²) in [5.41, 5.74) is 6.54. The number of ether oxygens (including phenoxy) is 2. The number of hydrogen-bond acceptors (Lipinski definition) is 6. The molecule has 0 fully saturated rings. The molecule has 0 aliphatic carbocycles. The number of hydrogen-bond donors (Lipinski definition) is 2. The van der Waals surface area contributed by atoms with E-state index in [4.69, 9.17) is 14.5 Å². The fourth-order valence-electron chi connectivity index (χ4n) is 4.37. The van der Waals surface area contributed by atoms with Crippen LogP contribution in [0.4, 0.5) is 5.69 Å². The molecule has 0 saturated carbocycles. The lowest BCUT2D eigenvalue weighted by atomic mass is 9.95. The van der Waals surface area contributed by atoms with Gasteiger partial charge in [-0.25, -0.2) is 4.99 Å². The fourth-order valence-corrected chi connectivity index (χ4v) is 4.37. The van der Waals surface area contributed by atoms with Crippen LogP contribution in [0.2, 0.25) is 0 Å². The number of fused-ring (bicyclic) bond motifs is 1. The minimum Gasteiger partial charge on any atom is -0.496 e. The summed E-state index contributed by atoms with van der Waals surface area (Å²) in [6, 6.07) is 31.5. The van der Waals surface area contributed by atoms with Crippen molar-refractivity contribution in [3.63, 3.8) is 0 Å². The zero-order valence-corrected chi connectivity index (χ0v) is 20.2. The Bertz CT molecular complexity index is 1430. The van der Waals surface area contributed by atoms with Gasteiger partial charge in [0.05, 0.1) is 12.8 Å². The maximum Gasteiger partial charge on any atom is 0.223 e. The van der Waals surface area contributed by atoms with Crippen LogP contribution in [0, 0.1) is 6.92 Å². The lowest BCUT2D eigenvalue weighted by molar-refractivity contribution is 0.148. The third-order valence-corrected chi connectivity index (χ3v) is 6.19. The van der Waals surface area contributed by atoms with Crippen LogP contribution in [-0.2, 0) is 11.3 Å². The Morgan fingerprint density at radius 3 is 2.50 bits per heavy atom. The molecule has 6 nitrogen and oxygen atoms in total. The maximum absolute atomic E-state index is 10.1. The Labute approximate surface area is 210 Å². The number of rotatable bonds is 7. The first-order chi connectivity index (χ1) is 17.7. The van der Waals surface area contributed by atoms with E-state index in [2.05, 4.69) is 22.6 Å². The third kappa shape index (κ3) is 4.72. The molecule has 1 heterocycles. The maximum atomic E-state index is 10.1. The average molecular weight is 478 g/mol. The quantitative estimate of drug-likeness (QED) is 0.191. The monoisotopic (exact) mass is 477 g/mol. The van der Waals surface area contributed by atoms with E-state index in [0.29, 0.717) is 23.7 Å². The van der Waals surface area contributed by atoms with Crippen LogP contribution < -0.4 is 10.1 Å². The third-order valence-electron chi connectivity index (χ3n) is 6.19. The zero-order chi connectivity index (χ0) is 24.9. The highest BCUT2D eigenvalue weighted by atomic mass is 16.5. The highest BCUT2D eigenvalue weighted by molar-refractivity contribution is 6.18. The van der Waals surface area contributed by atoms with Crippen molar-refractivity contribution >= 4 is 17.3 Å². The molecule has 1 atom stereocenters. The molecule has 36 heavy (non-hydrogen) atoms. The second kappa shape index (κ2) is 10.5. The van der Waals surface area contributed by atoms with Crippen molar-refractivity contribution in [3.05, 3.63) is 130 Å². The van der Waals surface area contributed by atoms with Crippen molar-refractivity contribution in [2.75, 3.05) is 7.11 Å². The molecule has 0 amide bonds. The first-order valence-electron chi connectivity index (χ1n) is 11.8. The Morgan fingerprint density at radius 2 is 1.72 bits per heavy atom. The summed E-state index contributed by atoms with van der Waals surface area (Å²) < 4.78 is 11.8. The van der Waals surface area contributed by atoms with Gasteiger partial charge in [-0.1, -0.05) is 71.9 Å². The van der Waals surface area contributed by atoms with E-state index in [1.807, 2.05) is 91.9 Å². The van der Waals surface area contributed by atoms with Gasteiger partial charge in [-0.15, -0.1) is 0 Å². The fraction of sp³-hybridized carbons (Fsp3) is 0.133. The van der Waals surface area contributed by atoms with Crippen LogP contribution >= 0.6 is 0 Å². The smallest absolute Gasteiger partial charge is 0.223 e. The van der Waals surface area contributed by atoms with Crippen molar-refractivity contribution in [2.24, 2.45) is 10.1 Å². The number of nitrogens with zero attached hydrogens (tertiary/aromatic N) is 2. The predicted octanol–water partition coefficient (Wildman–Crippen LogP) is 6.13. The van der Waals surface area contributed by atoms with Crippen molar-refractivity contribution in [1.82, 2.24) is 5.32 Å². The summed E-state index contributed by atoms with van der Waals surface area (Å²) in [5.74, 6) is 1.23. The first-order valence-corrected chi connectivity index (χ1v) is 11.8. The number of benzene rings is 4. The largest absolute Gasteiger partial charge is 0.496 e. The number of aryl methyl sites for hydroxylation is 1. The van der Waals surface area contributed by atoms with Crippen LogP contribution in [0.5, 0.6) is 5.75 Å². The molecule has 4 aromatic carbocycles. The minimum atomic E-state index is -0.389. The van der Waals surface area contributed by atoms with E-state index in [9.17, 15) is 5.21 Å². The molecule has 0 aromatic heterocycles. The van der Waals surface area contributed by atoms with E-state index in [0.717, 1.165) is 39.3 Å². The SMILES string of the molecule is COc1ccc(C(=NO)c2ccccc2C2=Nc3ccccc3C(NCc3ccccc3)O2)cc1C.